The second kappa shape index (κ2) is 8.31. The zero-order valence-electron chi connectivity index (χ0n) is 12.4. The maximum absolute atomic E-state index is 10.5. The van der Waals surface area contributed by atoms with E-state index in [2.05, 4.69) is 13.8 Å². The van der Waals surface area contributed by atoms with Crippen molar-refractivity contribution in [1.29, 1.82) is 0 Å². The average Bonchev–Trinajstić information content (AvgIpc) is 2.42. The summed E-state index contributed by atoms with van der Waals surface area (Å²) in [4.78, 5) is 0. The zero-order valence-corrected chi connectivity index (χ0v) is 12.4. The molecule has 1 N–H and O–H groups in total. The molecule has 0 saturated carbocycles. The van der Waals surface area contributed by atoms with Gasteiger partial charge in [0.2, 0.25) is 0 Å². The van der Waals surface area contributed by atoms with E-state index in [9.17, 15) is 5.11 Å². The molecule has 0 aromatic heterocycles. The largest absolute Gasteiger partial charge is 0.386 e. The Balaban J connectivity index is 2.67. The van der Waals surface area contributed by atoms with E-state index < -0.39 is 6.10 Å². The lowest BCUT2D eigenvalue weighted by molar-refractivity contribution is -0.113. The van der Waals surface area contributed by atoms with Gasteiger partial charge < -0.3 is 14.6 Å². The van der Waals surface area contributed by atoms with E-state index in [4.69, 9.17) is 9.47 Å². The number of aliphatic hydroxyl groups excluding tert-OH is 1. The molecule has 1 aromatic carbocycles. The van der Waals surface area contributed by atoms with Crippen molar-refractivity contribution in [3.63, 3.8) is 0 Å². The average molecular weight is 266 g/mol. The van der Waals surface area contributed by atoms with Crippen molar-refractivity contribution in [1.82, 2.24) is 0 Å². The smallest absolute Gasteiger partial charge is 0.105 e. The minimum absolute atomic E-state index is 0.0225. The lowest BCUT2D eigenvalue weighted by atomic mass is 9.96. The molecule has 0 saturated heterocycles. The first-order valence-electron chi connectivity index (χ1n) is 7.02. The van der Waals surface area contributed by atoms with Gasteiger partial charge in [-0.3, -0.25) is 0 Å². The van der Waals surface area contributed by atoms with Gasteiger partial charge in [-0.05, 0) is 25.3 Å². The summed E-state index contributed by atoms with van der Waals surface area (Å²) in [5.74, 6) is 0.235. The summed E-state index contributed by atoms with van der Waals surface area (Å²) in [5, 5.41) is 10.5. The predicted octanol–water partition coefficient (Wildman–Crippen LogP) is 3.19. The molecule has 0 aliphatic carbocycles. The normalized spacial score (nSPS) is 16.3. The van der Waals surface area contributed by atoms with Crippen molar-refractivity contribution in [3.8, 4) is 0 Å². The van der Waals surface area contributed by atoms with Crippen molar-refractivity contribution in [2.24, 2.45) is 5.92 Å². The van der Waals surface area contributed by atoms with Gasteiger partial charge in [-0.15, -0.1) is 0 Å². The van der Waals surface area contributed by atoms with Gasteiger partial charge in [-0.25, -0.2) is 0 Å². The van der Waals surface area contributed by atoms with Crippen LogP contribution in [-0.4, -0.2) is 30.5 Å². The topological polar surface area (TPSA) is 38.7 Å². The number of ether oxygens (including phenoxy) is 2. The highest BCUT2D eigenvalue weighted by Gasteiger charge is 2.26. The Kier molecular flexibility index (Phi) is 7.06. The summed E-state index contributed by atoms with van der Waals surface area (Å²) in [5.41, 5.74) is 0.893. The van der Waals surface area contributed by atoms with Crippen molar-refractivity contribution >= 4 is 0 Å². The van der Waals surface area contributed by atoms with Gasteiger partial charge in [0.15, 0.2) is 0 Å². The monoisotopic (exact) mass is 266 g/mol. The number of aliphatic hydroxyl groups is 1. The first-order valence-corrected chi connectivity index (χ1v) is 7.02. The van der Waals surface area contributed by atoms with Crippen LogP contribution in [0.4, 0.5) is 0 Å². The lowest BCUT2D eigenvalue weighted by Gasteiger charge is -2.29. The van der Waals surface area contributed by atoms with Crippen LogP contribution in [0.25, 0.3) is 0 Å². The quantitative estimate of drug-likeness (QED) is 0.785. The fraction of sp³-hybridized carbons (Fsp3) is 0.625. The van der Waals surface area contributed by atoms with Gasteiger partial charge in [-0.1, -0.05) is 44.2 Å². The van der Waals surface area contributed by atoms with E-state index in [-0.39, 0.29) is 18.1 Å². The van der Waals surface area contributed by atoms with E-state index in [0.717, 1.165) is 5.56 Å². The predicted molar refractivity (Wildman–Crippen MR) is 77.1 cm³/mol. The molecular weight excluding hydrogens is 240 g/mol. The van der Waals surface area contributed by atoms with Gasteiger partial charge in [0.05, 0.1) is 18.8 Å². The van der Waals surface area contributed by atoms with Crippen LogP contribution in [0.2, 0.25) is 0 Å². The second-order valence-corrected chi connectivity index (χ2v) is 5.17. The van der Waals surface area contributed by atoms with Gasteiger partial charge in [-0.2, -0.15) is 0 Å². The van der Waals surface area contributed by atoms with Crippen molar-refractivity contribution in [2.75, 3.05) is 13.2 Å². The molecule has 0 aliphatic rings. The Hall–Kier alpha value is -0.900. The fourth-order valence-corrected chi connectivity index (χ4v) is 2.03. The van der Waals surface area contributed by atoms with E-state index >= 15 is 0 Å². The molecule has 0 spiro atoms. The Morgan fingerprint density at radius 1 is 1.11 bits per heavy atom. The summed E-state index contributed by atoms with van der Waals surface area (Å²) in [6.07, 6.45) is -0.853. The van der Waals surface area contributed by atoms with E-state index in [1.165, 1.54) is 0 Å². The summed E-state index contributed by atoms with van der Waals surface area (Å²) in [6, 6.07) is 9.66. The van der Waals surface area contributed by atoms with Crippen LogP contribution < -0.4 is 0 Å². The molecule has 108 valence electrons. The molecule has 0 heterocycles. The van der Waals surface area contributed by atoms with Crippen LogP contribution >= 0.6 is 0 Å². The Bertz CT molecular complexity index is 337. The molecule has 0 radical (unpaired) electrons. The Morgan fingerprint density at radius 2 is 1.74 bits per heavy atom. The minimum Gasteiger partial charge on any atom is -0.386 e. The van der Waals surface area contributed by atoms with Gasteiger partial charge in [0.1, 0.15) is 6.10 Å². The molecule has 1 rings (SSSR count). The minimum atomic E-state index is -0.606. The molecule has 19 heavy (non-hydrogen) atoms. The first kappa shape index (κ1) is 16.2. The van der Waals surface area contributed by atoms with Gasteiger partial charge in [0.25, 0.3) is 0 Å². The third kappa shape index (κ3) is 5.31. The number of hydrogen-bond donors (Lipinski definition) is 1. The van der Waals surface area contributed by atoms with Crippen LogP contribution in [0.1, 0.15) is 39.4 Å². The molecule has 3 heteroatoms. The number of benzene rings is 1. The summed E-state index contributed by atoms with van der Waals surface area (Å²) in [7, 11) is 0. The highest BCUT2D eigenvalue weighted by atomic mass is 16.5. The molecule has 0 amide bonds. The molecule has 1 aromatic rings. The highest BCUT2D eigenvalue weighted by molar-refractivity contribution is 5.18. The van der Waals surface area contributed by atoms with E-state index in [1.807, 2.05) is 44.2 Å². The van der Waals surface area contributed by atoms with Crippen LogP contribution in [0.15, 0.2) is 30.3 Å². The standard InChI is InChI=1S/C16H26O3/c1-5-18-11-13(4)19-16(12(2)3)15(17)14-9-7-6-8-10-14/h6-10,12-13,15-17H,5,11H2,1-4H3. The Morgan fingerprint density at radius 3 is 2.26 bits per heavy atom. The molecule has 3 nitrogen and oxygen atoms in total. The third-order valence-electron chi connectivity index (χ3n) is 3.06. The molecule has 0 fully saturated rings. The molecule has 0 bridgehead atoms. The molecule has 3 unspecified atom stereocenters. The van der Waals surface area contributed by atoms with Crippen LogP contribution in [0.5, 0.6) is 0 Å². The summed E-state index contributed by atoms with van der Waals surface area (Å²) in [6.45, 7) is 9.30. The van der Waals surface area contributed by atoms with Gasteiger partial charge in [0, 0.05) is 6.61 Å². The third-order valence-corrected chi connectivity index (χ3v) is 3.06. The maximum Gasteiger partial charge on any atom is 0.105 e. The summed E-state index contributed by atoms with van der Waals surface area (Å²) < 4.78 is 11.3. The molecule has 3 atom stereocenters. The lowest BCUT2D eigenvalue weighted by Crippen LogP contribution is -2.33. The van der Waals surface area contributed by atoms with Crippen LogP contribution in [-0.2, 0) is 9.47 Å². The SMILES string of the molecule is CCOCC(C)OC(C(C)C)C(O)c1ccccc1. The fourth-order valence-electron chi connectivity index (χ4n) is 2.03. The van der Waals surface area contributed by atoms with Crippen LogP contribution in [0.3, 0.4) is 0 Å². The zero-order chi connectivity index (χ0) is 14.3. The van der Waals surface area contributed by atoms with Crippen LogP contribution in [0, 0.1) is 5.92 Å². The number of hydrogen-bond acceptors (Lipinski definition) is 3. The molecule has 0 aliphatic heterocycles. The molecular formula is C16H26O3. The summed E-state index contributed by atoms with van der Waals surface area (Å²) >= 11 is 0. The number of rotatable bonds is 8. The van der Waals surface area contributed by atoms with E-state index in [0.29, 0.717) is 13.2 Å². The highest BCUT2D eigenvalue weighted by Crippen LogP contribution is 2.25. The Labute approximate surface area is 116 Å². The van der Waals surface area contributed by atoms with Crippen molar-refractivity contribution in [2.45, 2.75) is 46.0 Å². The maximum atomic E-state index is 10.5. The van der Waals surface area contributed by atoms with Crippen molar-refractivity contribution in [3.05, 3.63) is 35.9 Å². The van der Waals surface area contributed by atoms with Crippen molar-refractivity contribution < 1.29 is 14.6 Å². The first-order chi connectivity index (χ1) is 9.06. The van der Waals surface area contributed by atoms with Gasteiger partial charge >= 0.3 is 0 Å². The second-order valence-electron chi connectivity index (χ2n) is 5.17. The van der Waals surface area contributed by atoms with E-state index in [1.54, 1.807) is 0 Å².